The van der Waals surface area contributed by atoms with Crippen molar-refractivity contribution in [1.29, 1.82) is 0 Å². The van der Waals surface area contributed by atoms with Crippen LogP contribution in [0.25, 0.3) is 11.1 Å². The number of nitrogens with zero attached hydrogens (tertiary/aromatic N) is 3. The van der Waals surface area contributed by atoms with E-state index in [2.05, 4.69) is 20.5 Å². The summed E-state index contributed by atoms with van der Waals surface area (Å²) < 4.78 is 5.71. The number of nitrogens with one attached hydrogen (secondary N) is 1. The number of amides is 1. The van der Waals surface area contributed by atoms with Gasteiger partial charge in [0.15, 0.2) is 5.01 Å². The van der Waals surface area contributed by atoms with Crippen LogP contribution in [0.1, 0.15) is 31.6 Å². The molecule has 1 amide bonds. The zero-order chi connectivity index (χ0) is 21.5. The van der Waals surface area contributed by atoms with E-state index in [1.165, 1.54) is 11.3 Å². The third-order valence-corrected chi connectivity index (χ3v) is 6.15. The number of hydrogen-bond donors (Lipinski definition) is 1. The van der Waals surface area contributed by atoms with Gasteiger partial charge in [-0.3, -0.25) is 4.79 Å². The van der Waals surface area contributed by atoms with Gasteiger partial charge in [0.25, 0.3) is 5.91 Å². The molecular formula is C22H17ClN4O2S2. The Balaban J connectivity index is 1.35. The average Bonchev–Trinajstić information content (AvgIpc) is 3.50. The molecule has 2 aromatic carbocycles. The van der Waals surface area contributed by atoms with E-state index in [9.17, 15) is 4.79 Å². The summed E-state index contributed by atoms with van der Waals surface area (Å²) in [5, 5.41) is 13.9. The third-order valence-electron chi connectivity index (χ3n) is 4.16. The maximum Gasteiger partial charge on any atom is 0.282 e. The van der Waals surface area contributed by atoms with Crippen LogP contribution in [0.5, 0.6) is 5.75 Å². The molecule has 0 saturated carbocycles. The number of carbonyl (C=O) groups is 1. The number of thiazole rings is 1. The van der Waals surface area contributed by atoms with E-state index in [0.29, 0.717) is 23.2 Å². The predicted octanol–water partition coefficient (Wildman–Crippen LogP) is 5.24. The van der Waals surface area contributed by atoms with Crippen LogP contribution < -0.4 is 10.1 Å². The van der Waals surface area contributed by atoms with Crippen molar-refractivity contribution in [1.82, 2.24) is 20.5 Å². The molecule has 0 unspecified atom stereocenters. The van der Waals surface area contributed by atoms with Crippen molar-refractivity contribution in [3.05, 3.63) is 92.3 Å². The topological polar surface area (TPSA) is 77.0 Å². The predicted molar refractivity (Wildman–Crippen MR) is 124 cm³/mol. The van der Waals surface area contributed by atoms with Gasteiger partial charge in [-0.05, 0) is 29.3 Å². The first-order valence-electron chi connectivity index (χ1n) is 9.30. The van der Waals surface area contributed by atoms with E-state index >= 15 is 0 Å². The Kier molecular flexibility index (Phi) is 7.03. The quantitative estimate of drug-likeness (QED) is 0.382. The molecule has 0 aliphatic heterocycles. The average molecular weight is 469 g/mol. The van der Waals surface area contributed by atoms with E-state index in [-0.39, 0.29) is 10.9 Å². The highest BCUT2D eigenvalue weighted by Gasteiger charge is 2.14. The van der Waals surface area contributed by atoms with Gasteiger partial charge in [-0.1, -0.05) is 65.4 Å². The molecule has 2 aromatic heterocycles. The summed E-state index contributed by atoms with van der Waals surface area (Å²) in [6, 6.07) is 17.2. The lowest BCUT2D eigenvalue weighted by atomic mass is 10.2. The Bertz CT molecular complexity index is 1160. The fourth-order valence-corrected chi connectivity index (χ4v) is 4.09. The van der Waals surface area contributed by atoms with Crippen molar-refractivity contribution in [2.24, 2.45) is 0 Å². The highest BCUT2D eigenvalue weighted by atomic mass is 35.5. The monoisotopic (exact) mass is 468 g/mol. The molecule has 0 saturated heterocycles. The largest absolute Gasteiger partial charge is 0.487 e. The Labute approximate surface area is 192 Å². The SMILES string of the molecule is O=C(NCc1ccccc1)c1nnc(/C(Cl)=C/c2ccc(OCc3cscn3)cc2)s1. The molecule has 2 heterocycles. The second kappa shape index (κ2) is 10.3. The molecule has 0 bridgehead atoms. The first-order chi connectivity index (χ1) is 15.2. The van der Waals surface area contributed by atoms with Gasteiger partial charge in [-0.2, -0.15) is 0 Å². The highest BCUT2D eigenvalue weighted by molar-refractivity contribution is 7.15. The number of hydrogen-bond acceptors (Lipinski definition) is 7. The summed E-state index contributed by atoms with van der Waals surface area (Å²) in [7, 11) is 0. The van der Waals surface area contributed by atoms with Gasteiger partial charge in [-0.25, -0.2) is 4.98 Å². The van der Waals surface area contributed by atoms with Gasteiger partial charge in [0.05, 0.1) is 16.2 Å². The summed E-state index contributed by atoms with van der Waals surface area (Å²) in [4.78, 5) is 16.5. The molecule has 4 rings (SSSR count). The molecule has 0 spiro atoms. The minimum Gasteiger partial charge on any atom is -0.487 e. The highest BCUT2D eigenvalue weighted by Crippen LogP contribution is 2.26. The molecule has 31 heavy (non-hydrogen) atoms. The smallest absolute Gasteiger partial charge is 0.282 e. The van der Waals surface area contributed by atoms with E-state index in [4.69, 9.17) is 16.3 Å². The standard InChI is InChI=1S/C22H17ClN4O2S2/c23-19(10-15-6-8-18(9-7-15)29-12-17-13-30-14-25-17)21-26-27-22(31-21)20(28)24-11-16-4-2-1-3-5-16/h1-10,13-14H,11-12H2,(H,24,28)/b19-10-. The first-order valence-corrected chi connectivity index (χ1v) is 11.4. The maximum absolute atomic E-state index is 12.3. The normalized spacial score (nSPS) is 11.3. The van der Waals surface area contributed by atoms with E-state index in [1.807, 2.05) is 60.0 Å². The summed E-state index contributed by atoms with van der Waals surface area (Å²) >= 11 is 9.09. The molecule has 6 nitrogen and oxygen atoms in total. The fourth-order valence-electron chi connectivity index (χ4n) is 2.60. The number of benzene rings is 2. The summed E-state index contributed by atoms with van der Waals surface area (Å²) in [6.07, 6.45) is 1.78. The second-order valence-electron chi connectivity index (χ2n) is 6.41. The number of carbonyl (C=O) groups excluding carboxylic acids is 1. The van der Waals surface area contributed by atoms with E-state index in [1.54, 1.807) is 11.6 Å². The summed E-state index contributed by atoms with van der Waals surface area (Å²) in [5.74, 6) is 0.466. The zero-order valence-corrected chi connectivity index (χ0v) is 18.6. The first kappa shape index (κ1) is 21.2. The minimum atomic E-state index is -0.279. The Morgan fingerprint density at radius 1 is 1.06 bits per heavy atom. The molecule has 0 aliphatic carbocycles. The van der Waals surface area contributed by atoms with Crippen molar-refractivity contribution >= 4 is 51.3 Å². The zero-order valence-electron chi connectivity index (χ0n) is 16.2. The summed E-state index contributed by atoms with van der Waals surface area (Å²) in [5.41, 5.74) is 4.58. The lowest BCUT2D eigenvalue weighted by molar-refractivity contribution is 0.0950. The molecule has 0 atom stereocenters. The second-order valence-corrected chi connectivity index (χ2v) is 8.51. The van der Waals surface area contributed by atoms with Gasteiger partial charge in [0.2, 0.25) is 5.01 Å². The Morgan fingerprint density at radius 2 is 1.84 bits per heavy atom. The lowest BCUT2D eigenvalue weighted by Crippen LogP contribution is -2.22. The lowest BCUT2D eigenvalue weighted by Gasteiger charge is -2.04. The number of aromatic nitrogens is 3. The Morgan fingerprint density at radius 3 is 2.58 bits per heavy atom. The third kappa shape index (κ3) is 5.97. The summed E-state index contributed by atoms with van der Waals surface area (Å²) in [6.45, 7) is 0.856. The van der Waals surface area contributed by atoms with Crippen molar-refractivity contribution in [2.75, 3.05) is 0 Å². The van der Waals surface area contributed by atoms with Gasteiger partial charge in [0.1, 0.15) is 12.4 Å². The molecule has 156 valence electrons. The van der Waals surface area contributed by atoms with Crippen molar-refractivity contribution < 1.29 is 9.53 Å². The number of halogens is 1. The molecular weight excluding hydrogens is 452 g/mol. The Hall–Kier alpha value is -3.07. The fraction of sp³-hybridized carbons (Fsp3) is 0.0909. The molecule has 9 heteroatoms. The van der Waals surface area contributed by atoms with Gasteiger partial charge >= 0.3 is 0 Å². The molecule has 0 fully saturated rings. The van der Waals surface area contributed by atoms with Crippen LogP contribution in [0.4, 0.5) is 0 Å². The van der Waals surface area contributed by atoms with Crippen LogP contribution in [0, 0.1) is 0 Å². The van der Waals surface area contributed by atoms with Gasteiger partial charge in [-0.15, -0.1) is 21.5 Å². The van der Waals surface area contributed by atoms with Crippen LogP contribution in [0.3, 0.4) is 0 Å². The van der Waals surface area contributed by atoms with Crippen molar-refractivity contribution in [3.63, 3.8) is 0 Å². The van der Waals surface area contributed by atoms with E-state index in [0.717, 1.165) is 33.9 Å². The van der Waals surface area contributed by atoms with Crippen molar-refractivity contribution in [2.45, 2.75) is 13.2 Å². The van der Waals surface area contributed by atoms with Crippen molar-refractivity contribution in [3.8, 4) is 5.75 Å². The number of rotatable bonds is 8. The minimum absolute atomic E-state index is 0.267. The van der Waals surface area contributed by atoms with Gasteiger partial charge in [0, 0.05) is 11.9 Å². The molecule has 0 aliphatic rings. The van der Waals surface area contributed by atoms with Crippen LogP contribution in [-0.2, 0) is 13.2 Å². The molecule has 0 radical (unpaired) electrons. The van der Waals surface area contributed by atoms with Crippen LogP contribution >= 0.6 is 34.3 Å². The van der Waals surface area contributed by atoms with Crippen LogP contribution in [-0.4, -0.2) is 21.1 Å². The van der Waals surface area contributed by atoms with Gasteiger partial charge < -0.3 is 10.1 Å². The maximum atomic E-state index is 12.3. The van der Waals surface area contributed by atoms with E-state index < -0.39 is 0 Å². The molecule has 4 aromatic rings. The molecule has 1 N–H and O–H groups in total. The van der Waals surface area contributed by atoms with Crippen LogP contribution in [0.2, 0.25) is 0 Å². The van der Waals surface area contributed by atoms with Crippen LogP contribution in [0.15, 0.2) is 65.5 Å². The number of ether oxygens (including phenoxy) is 1.